The highest BCUT2D eigenvalue weighted by molar-refractivity contribution is 5.80. The molecule has 2 N–H and O–H groups in total. The zero-order valence-electron chi connectivity index (χ0n) is 12.5. The Hall–Kier alpha value is -1.75. The van der Waals surface area contributed by atoms with Gasteiger partial charge < -0.3 is 15.0 Å². The van der Waals surface area contributed by atoms with E-state index in [9.17, 15) is 0 Å². The highest BCUT2D eigenvalue weighted by Crippen LogP contribution is 2.38. The lowest BCUT2D eigenvalue weighted by atomic mass is 9.98. The van der Waals surface area contributed by atoms with E-state index >= 15 is 0 Å². The van der Waals surface area contributed by atoms with Crippen LogP contribution in [0.25, 0.3) is 11.0 Å². The summed E-state index contributed by atoms with van der Waals surface area (Å²) in [6, 6.07) is 7.14. The van der Waals surface area contributed by atoms with Crippen molar-refractivity contribution in [1.82, 2.24) is 14.5 Å². The van der Waals surface area contributed by atoms with Crippen molar-refractivity contribution in [3.8, 4) is 5.75 Å². The number of rotatable bonds is 2. The molecule has 2 fully saturated rings. The molecule has 2 unspecified atom stereocenters. The van der Waals surface area contributed by atoms with Crippen LogP contribution in [0.3, 0.4) is 0 Å². The Balaban J connectivity index is 1.77. The number of aromatic nitrogens is 2. The molecule has 0 spiro atoms. The van der Waals surface area contributed by atoms with Gasteiger partial charge in [0.1, 0.15) is 5.75 Å². The molecule has 1 aromatic heterocycles. The van der Waals surface area contributed by atoms with Crippen molar-refractivity contribution >= 4 is 17.0 Å². The maximum Gasteiger partial charge on any atom is 0.201 e. The molecule has 1 aromatic carbocycles. The predicted octanol–water partition coefficient (Wildman–Crippen LogP) is 2.43. The number of ether oxygens (including phenoxy) is 1. The summed E-state index contributed by atoms with van der Waals surface area (Å²) in [4.78, 5) is 7.17. The van der Waals surface area contributed by atoms with Crippen LogP contribution in [0.2, 0.25) is 0 Å². The fourth-order valence-corrected chi connectivity index (χ4v) is 4.09. The minimum atomic E-state index is 0.462. The molecule has 0 aliphatic carbocycles. The lowest BCUT2D eigenvalue weighted by Gasteiger charge is -2.33. The molecule has 112 valence electrons. The normalized spacial score (nSPS) is 26.1. The number of nitrogen functional groups attached to an aromatic ring is 1. The predicted molar refractivity (Wildman–Crippen MR) is 83.6 cm³/mol. The Morgan fingerprint density at radius 2 is 2.10 bits per heavy atom. The van der Waals surface area contributed by atoms with Gasteiger partial charge in [0.25, 0.3) is 0 Å². The molecule has 2 aromatic rings. The first-order chi connectivity index (χ1) is 10.3. The molecule has 0 radical (unpaired) electrons. The molecule has 4 rings (SSSR count). The van der Waals surface area contributed by atoms with E-state index in [-0.39, 0.29) is 0 Å². The minimum absolute atomic E-state index is 0.462. The SMILES string of the molecule is COc1ccc2c(c1)nc(N)n2C1CCN2CCCCC12. The summed E-state index contributed by atoms with van der Waals surface area (Å²) in [5, 5.41) is 0. The molecule has 2 aliphatic rings. The van der Waals surface area contributed by atoms with Gasteiger partial charge in [0.15, 0.2) is 0 Å². The zero-order chi connectivity index (χ0) is 14.4. The lowest BCUT2D eigenvalue weighted by molar-refractivity contribution is 0.175. The van der Waals surface area contributed by atoms with Crippen molar-refractivity contribution in [1.29, 1.82) is 0 Å². The number of fused-ring (bicyclic) bond motifs is 2. The van der Waals surface area contributed by atoms with Crippen LogP contribution in [0.5, 0.6) is 5.75 Å². The molecule has 3 heterocycles. The molecule has 0 bridgehead atoms. The van der Waals surface area contributed by atoms with Gasteiger partial charge in [-0.1, -0.05) is 6.42 Å². The van der Waals surface area contributed by atoms with Gasteiger partial charge in [0, 0.05) is 18.7 Å². The monoisotopic (exact) mass is 286 g/mol. The summed E-state index contributed by atoms with van der Waals surface area (Å²) in [6.45, 7) is 2.42. The third-order valence-electron chi connectivity index (χ3n) is 5.08. The summed E-state index contributed by atoms with van der Waals surface area (Å²) in [5.74, 6) is 1.47. The maximum absolute atomic E-state index is 6.24. The minimum Gasteiger partial charge on any atom is -0.497 e. The first-order valence-corrected chi connectivity index (χ1v) is 7.83. The maximum atomic E-state index is 6.24. The summed E-state index contributed by atoms with van der Waals surface area (Å²) in [7, 11) is 1.68. The smallest absolute Gasteiger partial charge is 0.201 e. The molecular formula is C16H22N4O. The van der Waals surface area contributed by atoms with E-state index in [2.05, 4.69) is 20.5 Å². The van der Waals surface area contributed by atoms with Gasteiger partial charge in [-0.2, -0.15) is 0 Å². The van der Waals surface area contributed by atoms with Gasteiger partial charge in [-0.15, -0.1) is 0 Å². The first-order valence-electron chi connectivity index (χ1n) is 7.83. The second-order valence-corrected chi connectivity index (χ2v) is 6.15. The van der Waals surface area contributed by atoms with Gasteiger partial charge in [-0.05, 0) is 37.9 Å². The number of methoxy groups -OCH3 is 1. The van der Waals surface area contributed by atoms with Crippen molar-refractivity contribution in [3.63, 3.8) is 0 Å². The van der Waals surface area contributed by atoms with Gasteiger partial charge in [-0.25, -0.2) is 4.98 Å². The van der Waals surface area contributed by atoms with Crippen LogP contribution in [0.1, 0.15) is 31.7 Å². The molecule has 21 heavy (non-hydrogen) atoms. The van der Waals surface area contributed by atoms with Crippen LogP contribution in [0.15, 0.2) is 18.2 Å². The van der Waals surface area contributed by atoms with E-state index in [1.165, 1.54) is 38.8 Å². The van der Waals surface area contributed by atoms with Crippen molar-refractivity contribution in [2.75, 3.05) is 25.9 Å². The van der Waals surface area contributed by atoms with Crippen molar-refractivity contribution in [2.24, 2.45) is 0 Å². The van der Waals surface area contributed by atoms with Crippen LogP contribution in [0.4, 0.5) is 5.95 Å². The van der Waals surface area contributed by atoms with E-state index in [1.807, 2.05) is 12.1 Å². The summed E-state index contributed by atoms with van der Waals surface area (Å²) in [6.07, 6.45) is 5.12. The van der Waals surface area contributed by atoms with Crippen molar-refractivity contribution in [3.05, 3.63) is 18.2 Å². The third kappa shape index (κ3) is 1.99. The Morgan fingerprint density at radius 1 is 1.19 bits per heavy atom. The highest BCUT2D eigenvalue weighted by Gasteiger charge is 2.37. The number of benzene rings is 1. The Morgan fingerprint density at radius 3 is 2.95 bits per heavy atom. The molecule has 5 nitrogen and oxygen atoms in total. The first kappa shape index (κ1) is 13.0. The van der Waals surface area contributed by atoms with Gasteiger partial charge in [0.2, 0.25) is 5.95 Å². The standard InChI is InChI=1S/C16H22N4O/c1-21-11-5-6-13-12(10-11)18-16(17)20(13)15-7-9-19-8-3-2-4-14(15)19/h5-6,10,14-15H,2-4,7-9H2,1H3,(H2,17,18). The molecule has 0 amide bonds. The second kappa shape index (κ2) is 4.91. The number of nitrogens with zero attached hydrogens (tertiary/aromatic N) is 3. The van der Waals surface area contributed by atoms with Crippen LogP contribution >= 0.6 is 0 Å². The quantitative estimate of drug-likeness (QED) is 0.921. The number of hydrogen-bond donors (Lipinski definition) is 1. The Bertz CT molecular complexity index is 666. The molecule has 2 atom stereocenters. The molecule has 5 heteroatoms. The molecule has 2 aliphatic heterocycles. The third-order valence-corrected chi connectivity index (χ3v) is 5.08. The van der Waals surface area contributed by atoms with E-state index < -0.39 is 0 Å². The average molecular weight is 286 g/mol. The number of nitrogens with two attached hydrogens (primary N) is 1. The molecule has 2 saturated heterocycles. The fraction of sp³-hybridized carbons (Fsp3) is 0.562. The Labute approximate surface area is 124 Å². The summed E-state index contributed by atoms with van der Waals surface area (Å²) >= 11 is 0. The number of imidazole rings is 1. The number of anilines is 1. The summed E-state index contributed by atoms with van der Waals surface area (Å²) in [5.41, 5.74) is 8.30. The molecular weight excluding hydrogens is 264 g/mol. The van der Waals surface area contributed by atoms with Gasteiger partial charge >= 0.3 is 0 Å². The fourth-order valence-electron chi connectivity index (χ4n) is 4.09. The van der Waals surface area contributed by atoms with E-state index in [0.29, 0.717) is 18.0 Å². The topological polar surface area (TPSA) is 56.3 Å². The van der Waals surface area contributed by atoms with Gasteiger partial charge in [0.05, 0.1) is 24.2 Å². The zero-order valence-corrected chi connectivity index (χ0v) is 12.5. The summed E-state index contributed by atoms with van der Waals surface area (Å²) < 4.78 is 7.54. The van der Waals surface area contributed by atoms with E-state index in [1.54, 1.807) is 7.11 Å². The van der Waals surface area contributed by atoms with Crippen molar-refractivity contribution < 1.29 is 4.74 Å². The largest absolute Gasteiger partial charge is 0.497 e. The molecule has 0 saturated carbocycles. The van der Waals surface area contributed by atoms with Crippen LogP contribution in [-0.4, -0.2) is 40.7 Å². The van der Waals surface area contributed by atoms with Crippen LogP contribution in [-0.2, 0) is 0 Å². The second-order valence-electron chi connectivity index (χ2n) is 6.15. The highest BCUT2D eigenvalue weighted by atomic mass is 16.5. The van der Waals surface area contributed by atoms with E-state index in [0.717, 1.165) is 16.8 Å². The van der Waals surface area contributed by atoms with Gasteiger partial charge in [-0.3, -0.25) is 4.90 Å². The van der Waals surface area contributed by atoms with E-state index in [4.69, 9.17) is 10.5 Å². The lowest BCUT2D eigenvalue weighted by Crippen LogP contribution is -2.37. The van der Waals surface area contributed by atoms with Crippen LogP contribution in [0, 0.1) is 0 Å². The Kier molecular flexibility index (Phi) is 3.03. The number of hydrogen-bond acceptors (Lipinski definition) is 4. The average Bonchev–Trinajstić information content (AvgIpc) is 3.06. The van der Waals surface area contributed by atoms with Crippen LogP contribution < -0.4 is 10.5 Å². The number of piperidine rings is 1. The van der Waals surface area contributed by atoms with Crippen molar-refractivity contribution in [2.45, 2.75) is 37.8 Å².